The van der Waals surface area contributed by atoms with Gasteiger partial charge >= 0.3 is 0 Å². The van der Waals surface area contributed by atoms with Gasteiger partial charge in [-0.15, -0.1) is 0 Å². The Morgan fingerprint density at radius 2 is 2.00 bits per heavy atom. The Bertz CT molecular complexity index is 1440. The first-order chi connectivity index (χ1) is 16.8. The topological polar surface area (TPSA) is 131 Å². The highest BCUT2D eigenvalue weighted by Crippen LogP contribution is 2.27. The van der Waals surface area contributed by atoms with Crippen LogP contribution in [0.2, 0.25) is 0 Å². The monoisotopic (exact) mass is 458 g/mol. The lowest BCUT2D eigenvalue weighted by Gasteiger charge is -2.27. The van der Waals surface area contributed by atoms with Gasteiger partial charge in [-0.1, -0.05) is 6.07 Å². The number of benzene rings is 1. The Morgan fingerprint density at radius 3 is 2.82 bits per heavy atom. The molecule has 1 aromatic carbocycles. The number of aromatic nitrogens is 8. The molecule has 0 radical (unpaired) electrons. The molecule has 0 spiro atoms. The van der Waals surface area contributed by atoms with Crippen molar-refractivity contribution in [1.29, 1.82) is 0 Å². The summed E-state index contributed by atoms with van der Waals surface area (Å²) in [7, 11) is 1.64. The van der Waals surface area contributed by atoms with Crippen LogP contribution in [0.15, 0.2) is 42.9 Å². The number of morpholine rings is 1. The molecule has 1 saturated heterocycles. The fraction of sp³-hybridized carbons (Fsp3) is 0.273. The van der Waals surface area contributed by atoms with Gasteiger partial charge in [0.1, 0.15) is 17.1 Å². The van der Waals surface area contributed by atoms with E-state index in [4.69, 9.17) is 19.4 Å². The van der Waals surface area contributed by atoms with Crippen LogP contribution >= 0.6 is 0 Å². The molecule has 0 saturated carbocycles. The van der Waals surface area contributed by atoms with E-state index in [9.17, 15) is 0 Å². The highest BCUT2D eigenvalue weighted by atomic mass is 16.5. The molecule has 1 fully saturated rings. The minimum atomic E-state index is 0.415. The molecule has 0 amide bonds. The van der Waals surface area contributed by atoms with E-state index in [1.165, 1.54) is 0 Å². The van der Waals surface area contributed by atoms with Gasteiger partial charge in [0.25, 0.3) is 0 Å². The van der Waals surface area contributed by atoms with Crippen LogP contribution < -0.4 is 15.0 Å². The SMILES string of the molecule is COc1cccc2nc(CNc3nc(N4CCOCC4)nc4c(-c5ccnnc5)cnn34)[nH]c12. The molecule has 5 aromatic rings. The smallest absolute Gasteiger partial charge is 0.230 e. The summed E-state index contributed by atoms with van der Waals surface area (Å²) < 4.78 is 12.6. The van der Waals surface area contributed by atoms with Crippen molar-refractivity contribution in [2.24, 2.45) is 0 Å². The zero-order valence-corrected chi connectivity index (χ0v) is 18.5. The number of para-hydroxylation sites is 1. The molecule has 12 nitrogen and oxygen atoms in total. The molecule has 12 heteroatoms. The first-order valence-electron chi connectivity index (χ1n) is 10.9. The van der Waals surface area contributed by atoms with Crippen molar-refractivity contribution >= 4 is 28.6 Å². The third-order valence-corrected chi connectivity index (χ3v) is 5.71. The number of methoxy groups -OCH3 is 1. The normalized spacial score (nSPS) is 14.1. The van der Waals surface area contributed by atoms with Crippen molar-refractivity contribution in [2.75, 3.05) is 43.6 Å². The van der Waals surface area contributed by atoms with Crippen LogP contribution in [0, 0.1) is 0 Å². The minimum Gasteiger partial charge on any atom is -0.494 e. The van der Waals surface area contributed by atoms with Crippen molar-refractivity contribution < 1.29 is 9.47 Å². The molecule has 0 unspecified atom stereocenters. The summed E-state index contributed by atoms with van der Waals surface area (Å²) in [6, 6.07) is 7.65. The quantitative estimate of drug-likeness (QED) is 0.389. The van der Waals surface area contributed by atoms with Crippen molar-refractivity contribution in [3.05, 3.63) is 48.7 Å². The summed E-state index contributed by atoms with van der Waals surface area (Å²) in [4.78, 5) is 19.7. The summed E-state index contributed by atoms with van der Waals surface area (Å²) in [5.74, 6) is 2.68. The lowest BCUT2D eigenvalue weighted by Crippen LogP contribution is -2.37. The van der Waals surface area contributed by atoms with Crippen LogP contribution in [-0.2, 0) is 11.3 Å². The second-order valence-electron chi connectivity index (χ2n) is 7.76. The number of rotatable bonds is 6. The zero-order valence-electron chi connectivity index (χ0n) is 18.5. The number of imidazole rings is 1. The lowest BCUT2D eigenvalue weighted by molar-refractivity contribution is 0.122. The molecule has 2 N–H and O–H groups in total. The average molecular weight is 458 g/mol. The number of fused-ring (bicyclic) bond motifs is 2. The van der Waals surface area contributed by atoms with E-state index in [2.05, 4.69) is 35.5 Å². The van der Waals surface area contributed by atoms with E-state index >= 15 is 0 Å². The van der Waals surface area contributed by atoms with Crippen LogP contribution in [-0.4, -0.2) is 73.2 Å². The van der Waals surface area contributed by atoms with Crippen molar-refractivity contribution in [3.8, 4) is 16.9 Å². The van der Waals surface area contributed by atoms with Crippen molar-refractivity contribution in [1.82, 2.24) is 39.7 Å². The molecule has 1 aliphatic heterocycles. The van der Waals surface area contributed by atoms with E-state index in [1.807, 2.05) is 24.3 Å². The Balaban J connectivity index is 1.39. The molecule has 0 aliphatic carbocycles. The molecule has 0 bridgehead atoms. The third-order valence-electron chi connectivity index (χ3n) is 5.71. The summed E-state index contributed by atoms with van der Waals surface area (Å²) in [6.45, 7) is 3.13. The molecule has 4 aromatic heterocycles. The molecule has 34 heavy (non-hydrogen) atoms. The Kier molecular flexibility index (Phi) is 5.11. The maximum atomic E-state index is 5.50. The Morgan fingerprint density at radius 1 is 1.09 bits per heavy atom. The zero-order chi connectivity index (χ0) is 22.9. The molecule has 172 valence electrons. The van der Waals surface area contributed by atoms with Crippen LogP contribution in [0.1, 0.15) is 5.82 Å². The third kappa shape index (κ3) is 3.63. The van der Waals surface area contributed by atoms with Gasteiger partial charge < -0.3 is 24.7 Å². The Hall–Kier alpha value is -4.32. The second-order valence-corrected chi connectivity index (χ2v) is 7.76. The average Bonchev–Trinajstić information content (AvgIpc) is 3.52. The number of nitrogens with zero attached hydrogens (tertiary/aromatic N) is 8. The summed E-state index contributed by atoms with van der Waals surface area (Å²) in [6.07, 6.45) is 5.11. The van der Waals surface area contributed by atoms with Crippen LogP contribution in [0.25, 0.3) is 27.8 Å². The van der Waals surface area contributed by atoms with E-state index in [1.54, 1.807) is 30.2 Å². The van der Waals surface area contributed by atoms with Crippen LogP contribution in [0.5, 0.6) is 5.75 Å². The number of hydrogen-bond acceptors (Lipinski definition) is 10. The number of nitrogens with one attached hydrogen (secondary N) is 2. The Labute approximate surface area is 194 Å². The van der Waals surface area contributed by atoms with Crippen LogP contribution in [0.4, 0.5) is 11.9 Å². The predicted molar refractivity (Wildman–Crippen MR) is 125 cm³/mol. The molecule has 0 atom stereocenters. The van der Waals surface area contributed by atoms with Gasteiger partial charge in [-0.2, -0.15) is 29.8 Å². The second kappa shape index (κ2) is 8.56. The van der Waals surface area contributed by atoms with E-state index in [0.29, 0.717) is 37.3 Å². The van der Waals surface area contributed by atoms with Crippen LogP contribution in [0.3, 0.4) is 0 Å². The fourth-order valence-electron chi connectivity index (χ4n) is 4.01. The predicted octanol–water partition coefficient (Wildman–Crippen LogP) is 1.91. The maximum absolute atomic E-state index is 5.50. The van der Waals surface area contributed by atoms with E-state index < -0.39 is 0 Å². The number of ether oxygens (including phenoxy) is 2. The molecule has 5 heterocycles. The highest BCUT2D eigenvalue weighted by molar-refractivity contribution is 5.82. The highest BCUT2D eigenvalue weighted by Gasteiger charge is 2.20. The molecular formula is C22H22N10O2. The summed E-state index contributed by atoms with van der Waals surface area (Å²) in [5, 5.41) is 15.8. The van der Waals surface area contributed by atoms with Gasteiger partial charge in [0.2, 0.25) is 11.9 Å². The van der Waals surface area contributed by atoms with Crippen molar-refractivity contribution in [2.45, 2.75) is 6.54 Å². The minimum absolute atomic E-state index is 0.415. The summed E-state index contributed by atoms with van der Waals surface area (Å²) in [5.41, 5.74) is 4.10. The largest absolute Gasteiger partial charge is 0.494 e. The molecule has 1 aliphatic rings. The van der Waals surface area contributed by atoms with Gasteiger partial charge in [0, 0.05) is 24.2 Å². The fourth-order valence-corrected chi connectivity index (χ4v) is 4.01. The first-order valence-corrected chi connectivity index (χ1v) is 10.9. The van der Waals surface area contributed by atoms with Gasteiger partial charge in [-0.3, -0.25) is 0 Å². The number of aromatic amines is 1. The summed E-state index contributed by atoms with van der Waals surface area (Å²) >= 11 is 0. The maximum Gasteiger partial charge on any atom is 0.230 e. The van der Waals surface area contributed by atoms with E-state index in [-0.39, 0.29) is 0 Å². The number of hydrogen-bond donors (Lipinski definition) is 2. The van der Waals surface area contributed by atoms with Gasteiger partial charge in [-0.05, 0) is 18.2 Å². The van der Waals surface area contributed by atoms with Gasteiger partial charge in [0.15, 0.2) is 5.65 Å². The van der Waals surface area contributed by atoms with Gasteiger partial charge in [-0.25, -0.2) is 4.98 Å². The lowest BCUT2D eigenvalue weighted by atomic mass is 10.2. The molecule has 6 rings (SSSR count). The van der Waals surface area contributed by atoms with Gasteiger partial charge in [0.05, 0.1) is 51.0 Å². The molecular weight excluding hydrogens is 436 g/mol. The first kappa shape index (κ1) is 20.3. The number of anilines is 2. The standard InChI is InChI=1S/C22H22N10O2/c1-33-17-4-2-3-16-19(17)28-18(27-16)13-23-21-30-22(31-7-9-34-10-8-31)29-20-15(12-26-32(20)21)14-5-6-24-25-11-14/h2-6,11-12H,7-10,13H2,1H3,(H,27,28)(H,23,29,30). The number of H-pyrrole nitrogens is 1. The van der Waals surface area contributed by atoms with Crippen molar-refractivity contribution in [3.63, 3.8) is 0 Å². The van der Waals surface area contributed by atoms with E-state index in [0.717, 1.165) is 46.8 Å².